The van der Waals surface area contributed by atoms with Gasteiger partial charge in [0, 0.05) is 25.8 Å². The van der Waals surface area contributed by atoms with Crippen LogP contribution in [0.5, 0.6) is 0 Å². The normalized spacial score (nSPS) is 17.3. The minimum absolute atomic E-state index is 0.0278. The first-order chi connectivity index (χ1) is 13.1. The summed E-state index contributed by atoms with van der Waals surface area (Å²) in [4.78, 5) is 14.9. The molecular weight excluding hydrogens is 338 g/mol. The van der Waals surface area contributed by atoms with E-state index in [1.165, 1.54) is 16.7 Å². The van der Waals surface area contributed by atoms with Gasteiger partial charge in [0.25, 0.3) is 0 Å². The number of piperidine rings is 1. The van der Waals surface area contributed by atoms with E-state index >= 15 is 0 Å². The summed E-state index contributed by atoms with van der Waals surface area (Å²) in [6, 6.07) is 12.2. The number of rotatable bonds is 4. The molecule has 1 amide bonds. The van der Waals surface area contributed by atoms with Gasteiger partial charge in [-0.3, -0.25) is 9.20 Å². The van der Waals surface area contributed by atoms with Crippen LogP contribution in [-0.2, 0) is 11.3 Å². The molecular formula is C21H25N5O. The van der Waals surface area contributed by atoms with Crippen LogP contribution in [0.3, 0.4) is 0 Å². The van der Waals surface area contributed by atoms with Crippen molar-refractivity contribution in [2.45, 2.75) is 33.2 Å². The molecule has 1 fully saturated rings. The molecule has 27 heavy (non-hydrogen) atoms. The second-order valence-corrected chi connectivity index (χ2v) is 7.36. The first-order valence-corrected chi connectivity index (χ1v) is 9.50. The lowest BCUT2D eigenvalue weighted by atomic mass is 9.97. The van der Waals surface area contributed by atoms with Crippen molar-refractivity contribution in [1.82, 2.24) is 19.9 Å². The molecule has 1 aromatic carbocycles. The number of anilines is 1. The van der Waals surface area contributed by atoms with Gasteiger partial charge in [0.1, 0.15) is 0 Å². The van der Waals surface area contributed by atoms with Crippen molar-refractivity contribution in [3.8, 4) is 0 Å². The topological polar surface area (TPSA) is 62.5 Å². The molecule has 0 spiro atoms. The molecule has 140 valence electrons. The molecule has 6 heteroatoms. The number of aryl methyl sites for hydroxylation is 2. The molecule has 0 aliphatic carbocycles. The van der Waals surface area contributed by atoms with Crippen molar-refractivity contribution < 1.29 is 4.79 Å². The van der Waals surface area contributed by atoms with Gasteiger partial charge in [-0.25, -0.2) is 0 Å². The van der Waals surface area contributed by atoms with E-state index in [2.05, 4.69) is 52.5 Å². The van der Waals surface area contributed by atoms with E-state index in [0.29, 0.717) is 13.1 Å². The highest BCUT2D eigenvalue weighted by atomic mass is 16.1. The minimum Gasteiger partial charge on any atom is -0.352 e. The number of benzene rings is 1. The van der Waals surface area contributed by atoms with Crippen LogP contribution in [0.1, 0.15) is 29.5 Å². The fourth-order valence-corrected chi connectivity index (χ4v) is 3.73. The molecule has 1 aliphatic heterocycles. The zero-order valence-corrected chi connectivity index (χ0v) is 15.9. The van der Waals surface area contributed by atoms with Crippen LogP contribution in [0.25, 0.3) is 5.65 Å². The first kappa shape index (κ1) is 17.5. The second kappa shape index (κ2) is 7.39. The first-order valence-electron chi connectivity index (χ1n) is 9.50. The fraction of sp³-hybridized carbons (Fsp3) is 0.381. The molecule has 6 nitrogen and oxygen atoms in total. The van der Waals surface area contributed by atoms with Gasteiger partial charge in [-0.05, 0) is 49.9 Å². The SMILES string of the molecule is Cc1ccc(C)c(CNC(=O)[C@H]2CCCN(c3nnc4ccccn34)C2)c1. The van der Waals surface area contributed by atoms with Crippen molar-refractivity contribution >= 4 is 17.5 Å². The number of nitrogens with one attached hydrogen (secondary N) is 1. The summed E-state index contributed by atoms with van der Waals surface area (Å²) in [5.74, 6) is 0.909. The van der Waals surface area contributed by atoms with Gasteiger partial charge in [-0.1, -0.05) is 29.8 Å². The van der Waals surface area contributed by atoms with E-state index in [1.54, 1.807) is 0 Å². The molecule has 0 unspecified atom stereocenters. The Kier molecular flexibility index (Phi) is 4.79. The van der Waals surface area contributed by atoms with Gasteiger partial charge in [0.05, 0.1) is 5.92 Å². The molecule has 3 heterocycles. The smallest absolute Gasteiger partial charge is 0.231 e. The Labute approximate surface area is 159 Å². The third kappa shape index (κ3) is 3.65. The Morgan fingerprint density at radius 3 is 3.00 bits per heavy atom. The second-order valence-electron chi connectivity index (χ2n) is 7.36. The Hall–Kier alpha value is -2.89. The molecule has 1 aliphatic rings. The van der Waals surface area contributed by atoms with E-state index < -0.39 is 0 Å². The van der Waals surface area contributed by atoms with Gasteiger partial charge < -0.3 is 10.2 Å². The summed E-state index contributed by atoms with van der Waals surface area (Å²) in [6.07, 6.45) is 3.85. The van der Waals surface area contributed by atoms with Crippen LogP contribution in [0, 0.1) is 19.8 Å². The molecule has 3 aromatic rings. The summed E-state index contributed by atoms with van der Waals surface area (Å²) >= 11 is 0. The van der Waals surface area contributed by atoms with E-state index in [-0.39, 0.29) is 11.8 Å². The average molecular weight is 363 g/mol. The van der Waals surface area contributed by atoms with Crippen LogP contribution < -0.4 is 10.2 Å². The maximum atomic E-state index is 12.8. The van der Waals surface area contributed by atoms with Crippen molar-refractivity contribution in [2.24, 2.45) is 5.92 Å². The highest BCUT2D eigenvalue weighted by molar-refractivity contribution is 5.79. The molecule has 0 saturated carbocycles. The van der Waals surface area contributed by atoms with Gasteiger partial charge in [-0.2, -0.15) is 0 Å². The largest absolute Gasteiger partial charge is 0.352 e. The molecule has 2 aromatic heterocycles. The fourth-order valence-electron chi connectivity index (χ4n) is 3.73. The highest BCUT2D eigenvalue weighted by Gasteiger charge is 2.28. The third-order valence-electron chi connectivity index (χ3n) is 5.33. The van der Waals surface area contributed by atoms with Crippen LogP contribution in [-0.4, -0.2) is 33.6 Å². The Morgan fingerprint density at radius 1 is 1.22 bits per heavy atom. The standard InChI is InChI=1S/C21H25N5O/c1-15-8-9-16(2)18(12-15)13-22-20(27)17-6-5-10-25(14-17)21-24-23-19-7-3-4-11-26(19)21/h3-4,7-9,11-12,17H,5-6,10,13-14H2,1-2H3,(H,22,27)/t17-/m0/s1. The average Bonchev–Trinajstić information content (AvgIpc) is 3.13. The summed E-state index contributed by atoms with van der Waals surface area (Å²) in [5, 5.41) is 11.7. The van der Waals surface area contributed by atoms with Gasteiger partial charge in [0.2, 0.25) is 11.9 Å². The lowest BCUT2D eigenvalue weighted by molar-refractivity contribution is -0.125. The highest BCUT2D eigenvalue weighted by Crippen LogP contribution is 2.22. The number of amides is 1. The Morgan fingerprint density at radius 2 is 2.11 bits per heavy atom. The van der Waals surface area contributed by atoms with E-state index in [4.69, 9.17) is 0 Å². The van der Waals surface area contributed by atoms with E-state index in [9.17, 15) is 4.79 Å². The molecule has 1 N–H and O–H groups in total. The Balaban J connectivity index is 1.43. The molecule has 1 saturated heterocycles. The third-order valence-corrected chi connectivity index (χ3v) is 5.33. The van der Waals surface area contributed by atoms with E-state index in [1.807, 2.05) is 28.8 Å². The molecule has 1 atom stereocenters. The van der Waals surface area contributed by atoms with Crippen molar-refractivity contribution in [1.29, 1.82) is 0 Å². The lowest BCUT2D eigenvalue weighted by Crippen LogP contribution is -2.43. The lowest BCUT2D eigenvalue weighted by Gasteiger charge is -2.32. The quantitative estimate of drug-likeness (QED) is 0.774. The van der Waals surface area contributed by atoms with Crippen molar-refractivity contribution in [2.75, 3.05) is 18.0 Å². The summed E-state index contributed by atoms with van der Waals surface area (Å²) in [6.45, 7) is 6.31. The van der Waals surface area contributed by atoms with Crippen LogP contribution in [0.2, 0.25) is 0 Å². The zero-order chi connectivity index (χ0) is 18.8. The molecule has 4 rings (SSSR count). The van der Waals surface area contributed by atoms with Gasteiger partial charge >= 0.3 is 0 Å². The monoisotopic (exact) mass is 363 g/mol. The van der Waals surface area contributed by atoms with Crippen molar-refractivity contribution in [3.63, 3.8) is 0 Å². The number of carbonyl (C=O) groups is 1. The number of pyridine rings is 1. The summed E-state index contributed by atoms with van der Waals surface area (Å²) in [7, 11) is 0. The maximum absolute atomic E-state index is 12.8. The number of hydrogen-bond acceptors (Lipinski definition) is 4. The van der Waals surface area contributed by atoms with Gasteiger partial charge in [0.15, 0.2) is 5.65 Å². The van der Waals surface area contributed by atoms with Gasteiger partial charge in [-0.15, -0.1) is 10.2 Å². The number of fused-ring (bicyclic) bond motifs is 1. The van der Waals surface area contributed by atoms with Crippen LogP contribution in [0.15, 0.2) is 42.6 Å². The summed E-state index contributed by atoms with van der Waals surface area (Å²) in [5.41, 5.74) is 4.43. The van der Waals surface area contributed by atoms with Crippen LogP contribution in [0.4, 0.5) is 5.95 Å². The van der Waals surface area contributed by atoms with E-state index in [0.717, 1.165) is 31.0 Å². The van der Waals surface area contributed by atoms with Crippen LogP contribution >= 0.6 is 0 Å². The molecule has 0 bridgehead atoms. The van der Waals surface area contributed by atoms with Crippen molar-refractivity contribution in [3.05, 3.63) is 59.3 Å². The molecule has 0 radical (unpaired) electrons. The number of hydrogen-bond donors (Lipinski definition) is 1. The summed E-state index contributed by atoms with van der Waals surface area (Å²) < 4.78 is 1.98. The Bertz CT molecular complexity index is 964. The predicted octanol–water partition coefficient (Wildman–Crippen LogP) is 2.88. The minimum atomic E-state index is -0.0278. The number of nitrogens with zero attached hydrogens (tertiary/aromatic N) is 4. The maximum Gasteiger partial charge on any atom is 0.231 e. The number of carbonyl (C=O) groups excluding carboxylic acids is 1. The predicted molar refractivity (Wildman–Crippen MR) is 106 cm³/mol. The zero-order valence-electron chi connectivity index (χ0n) is 15.9. The number of aromatic nitrogens is 3.